The molecule has 1 aliphatic rings. The second-order valence-electron chi connectivity index (χ2n) is 3.96. The molecular weight excluding hydrogens is 202 g/mol. The van der Waals surface area contributed by atoms with E-state index >= 15 is 0 Å². The van der Waals surface area contributed by atoms with Gasteiger partial charge in [0.05, 0.1) is 6.04 Å². The molecule has 1 saturated heterocycles. The van der Waals surface area contributed by atoms with Crippen molar-refractivity contribution in [3.63, 3.8) is 0 Å². The van der Waals surface area contributed by atoms with Crippen LogP contribution in [0.15, 0.2) is 0 Å². The Morgan fingerprint density at radius 1 is 1.38 bits per heavy atom. The van der Waals surface area contributed by atoms with E-state index in [1.165, 1.54) is 0 Å². The van der Waals surface area contributed by atoms with Crippen LogP contribution in [-0.2, 0) is 9.53 Å². The minimum absolute atomic E-state index is 0.0584. The van der Waals surface area contributed by atoms with Crippen LogP contribution in [0, 0.1) is 0 Å². The Morgan fingerprint density at radius 3 is 2.25 bits per heavy atom. The second-order valence-corrected chi connectivity index (χ2v) is 3.96. The summed E-state index contributed by atoms with van der Waals surface area (Å²) in [6.45, 7) is 12.4. The van der Waals surface area contributed by atoms with Gasteiger partial charge in [0.1, 0.15) is 5.78 Å². The fraction of sp³-hybridized carbons (Fsp3) is 0.923. The van der Waals surface area contributed by atoms with Crippen molar-refractivity contribution in [3.8, 4) is 0 Å². The van der Waals surface area contributed by atoms with Gasteiger partial charge >= 0.3 is 0 Å². The largest absolute Gasteiger partial charge is 0.381 e. The van der Waals surface area contributed by atoms with Gasteiger partial charge in [0.15, 0.2) is 0 Å². The van der Waals surface area contributed by atoms with Gasteiger partial charge in [-0.15, -0.1) is 0 Å². The highest BCUT2D eigenvalue weighted by Gasteiger charge is 2.26. The van der Waals surface area contributed by atoms with Crippen LogP contribution in [0.2, 0.25) is 0 Å². The minimum atomic E-state index is 0.0584. The fourth-order valence-electron chi connectivity index (χ4n) is 2.10. The van der Waals surface area contributed by atoms with Crippen LogP contribution >= 0.6 is 0 Å². The molecule has 0 amide bonds. The van der Waals surface area contributed by atoms with Crippen molar-refractivity contribution < 1.29 is 9.53 Å². The first-order valence-electron chi connectivity index (χ1n) is 6.50. The smallest absolute Gasteiger partial charge is 0.146 e. The first kappa shape index (κ1) is 15.6. The summed E-state index contributed by atoms with van der Waals surface area (Å²) in [6, 6.07) is 0.593. The molecule has 1 aliphatic heterocycles. The predicted octanol–water partition coefficient (Wildman–Crippen LogP) is 2.49. The van der Waals surface area contributed by atoms with Gasteiger partial charge in [-0.25, -0.2) is 0 Å². The zero-order valence-electron chi connectivity index (χ0n) is 11.5. The number of nitrogens with zero attached hydrogens (tertiary/aromatic N) is 1. The van der Waals surface area contributed by atoms with Gasteiger partial charge in [-0.2, -0.15) is 0 Å². The second kappa shape index (κ2) is 8.71. The number of ether oxygens (including phenoxy) is 1. The van der Waals surface area contributed by atoms with Crippen molar-refractivity contribution >= 4 is 5.78 Å². The highest BCUT2D eigenvalue weighted by molar-refractivity contribution is 5.80. The van der Waals surface area contributed by atoms with E-state index in [1.54, 1.807) is 6.92 Å². The number of hydrogen-bond acceptors (Lipinski definition) is 3. The zero-order chi connectivity index (χ0) is 12.6. The summed E-state index contributed by atoms with van der Waals surface area (Å²) in [5, 5.41) is 0. The molecule has 0 N–H and O–H groups in total. The normalized spacial score (nSPS) is 18.9. The van der Waals surface area contributed by atoms with Gasteiger partial charge in [0, 0.05) is 19.3 Å². The van der Waals surface area contributed by atoms with Gasteiger partial charge in [0.25, 0.3) is 0 Å². The average Bonchev–Trinajstić information content (AvgIpc) is 2.33. The summed E-state index contributed by atoms with van der Waals surface area (Å²) in [7, 11) is 0. The Hall–Kier alpha value is -0.410. The lowest BCUT2D eigenvalue weighted by molar-refractivity contribution is -0.123. The molecule has 1 heterocycles. The maximum Gasteiger partial charge on any atom is 0.146 e. The van der Waals surface area contributed by atoms with E-state index in [1.807, 2.05) is 20.8 Å². The average molecular weight is 229 g/mol. The summed E-state index contributed by atoms with van der Waals surface area (Å²) in [6.07, 6.45) is 2.12. The van der Waals surface area contributed by atoms with Gasteiger partial charge < -0.3 is 4.74 Å². The van der Waals surface area contributed by atoms with Gasteiger partial charge in [-0.1, -0.05) is 20.8 Å². The van der Waals surface area contributed by atoms with Crippen LogP contribution in [0.3, 0.4) is 0 Å². The summed E-state index contributed by atoms with van der Waals surface area (Å²) in [5.41, 5.74) is 0. The Bertz CT molecular complexity index is 188. The number of ketones is 1. The maximum absolute atomic E-state index is 11.3. The van der Waals surface area contributed by atoms with Crippen LogP contribution in [-0.4, -0.2) is 42.5 Å². The third-order valence-electron chi connectivity index (χ3n) is 3.11. The molecule has 96 valence electrons. The van der Waals surface area contributed by atoms with Crippen LogP contribution < -0.4 is 0 Å². The summed E-state index contributed by atoms with van der Waals surface area (Å²) in [4.78, 5) is 13.6. The van der Waals surface area contributed by atoms with Crippen molar-refractivity contribution in [2.45, 2.75) is 59.5 Å². The van der Waals surface area contributed by atoms with Crippen LogP contribution in [0.5, 0.6) is 0 Å². The van der Waals surface area contributed by atoms with Crippen molar-refractivity contribution in [1.82, 2.24) is 4.90 Å². The maximum atomic E-state index is 11.3. The molecule has 0 aromatic carbocycles. The molecule has 0 saturated carbocycles. The van der Waals surface area contributed by atoms with E-state index in [-0.39, 0.29) is 11.8 Å². The van der Waals surface area contributed by atoms with Crippen LogP contribution in [0.1, 0.15) is 47.5 Å². The van der Waals surface area contributed by atoms with E-state index in [0.717, 1.165) is 32.6 Å². The minimum Gasteiger partial charge on any atom is -0.381 e. The number of likely N-dealkylation sites (N-methyl/N-ethyl adjacent to an activating group) is 1. The number of carbonyl (C=O) groups excluding carboxylic acids is 1. The molecular formula is C13H27NO2. The molecule has 0 radical (unpaired) electrons. The molecule has 0 spiro atoms. The fourth-order valence-corrected chi connectivity index (χ4v) is 2.10. The molecule has 0 aromatic rings. The third kappa shape index (κ3) is 4.62. The number of rotatable bonds is 4. The first-order chi connectivity index (χ1) is 7.66. The highest BCUT2D eigenvalue weighted by Crippen LogP contribution is 2.17. The monoisotopic (exact) mass is 229 g/mol. The molecule has 16 heavy (non-hydrogen) atoms. The SMILES string of the molecule is CC.CCN(C1CCOCC1)C(C)C(C)=O. The van der Waals surface area contributed by atoms with Gasteiger partial charge in [-0.05, 0) is 33.2 Å². The summed E-state index contributed by atoms with van der Waals surface area (Å²) >= 11 is 0. The third-order valence-corrected chi connectivity index (χ3v) is 3.11. The van der Waals surface area contributed by atoms with E-state index in [0.29, 0.717) is 6.04 Å². The lowest BCUT2D eigenvalue weighted by Gasteiger charge is -2.36. The van der Waals surface area contributed by atoms with Gasteiger partial charge in [0.2, 0.25) is 0 Å². The molecule has 1 unspecified atom stereocenters. The molecule has 1 atom stereocenters. The summed E-state index contributed by atoms with van der Waals surface area (Å²) < 4.78 is 5.32. The number of hydrogen-bond donors (Lipinski definition) is 0. The molecule has 3 nitrogen and oxygen atoms in total. The quantitative estimate of drug-likeness (QED) is 0.742. The van der Waals surface area contributed by atoms with Crippen molar-refractivity contribution in [3.05, 3.63) is 0 Å². The Balaban J connectivity index is 0.00000106. The predicted molar refractivity (Wildman–Crippen MR) is 67.7 cm³/mol. The lowest BCUT2D eigenvalue weighted by atomic mass is 10.0. The van der Waals surface area contributed by atoms with Gasteiger partial charge in [-0.3, -0.25) is 9.69 Å². The molecule has 1 rings (SSSR count). The lowest BCUT2D eigenvalue weighted by Crippen LogP contribution is -2.47. The highest BCUT2D eigenvalue weighted by atomic mass is 16.5. The molecule has 0 aromatic heterocycles. The summed E-state index contributed by atoms with van der Waals surface area (Å²) in [5.74, 6) is 0.262. The first-order valence-corrected chi connectivity index (χ1v) is 6.50. The Morgan fingerprint density at radius 2 is 1.88 bits per heavy atom. The van der Waals surface area contributed by atoms with Crippen LogP contribution in [0.25, 0.3) is 0 Å². The van der Waals surface area contributed by atoms with Crippen molar-refractivity contribution in [2.24, 2.45) is 0 Å². The van der Waals surface area contributed by atoms with Crippen LogP contribution in [0.4, 0.5) is 0 Å². The van der Waals surface area contributed by atoms with E-state index in [2.05, 4.69) is 11.8 Å². The Kier molecular flexibility index (Phi) is 8.49. The van der Waals surface area contributed by atoms with Crippen molar-refractivity contribution in [1.29, 1.82) is 0 Å². The Labute approximate surface area is 100 Å². The topological polar surface area (TPSA) is 29.5 Å². The van der Waals surface area contributed by atoms with E-state index < -0.39 is 0 Å². The van der Waals surface area contributed by atoms with E-state index in [9.17, 15) is 4.79 Å². The molecule has 0 bridgehead atoms. The molecule has 1 fully saturated rings. The number of Topliss-reactive ketones (excluding diaryl/α,β-unsaturated/α-hetero) is 1. The zero-order valence-corrected chi connectivity index (χ0v) is 11.5. The number of carbonyl (C=O) groups is 1. The molecule has 3 heteroatoms. The van der Waals surface area contributed by atoms with Crippen molar-refractivity contribution in [2.75, 3.05) is 19.8 Å². The molecule has 0 aliphatic carbocycles. The standard InChI is InChI=1S/C11H21NO2.C2H6/c1-4-12(9(2)10(3)13)11-5-7-14-8-6-11;1-2/h9,11H,4-8H2,1-3H3;1-2H3. The van der Waals surface area contributed by atoms with E-state index in [4.69, 9.17) is 4.74 Å².